The molecule has 0 unspecified atom stereocenters. The Morgan fingerprint density at radius 2 is 1.96 bits per heavy atom. The van der Waals surface area contributed by atoms with Crippen LogP contribution in [-0.2, 0) is 19.4 Å². The summed E-state index contributed by atoms with van der Waals surface area (Å²) in [6.45, 7) is 6.50. The summed E-state index contributed by atoms with van der Waals surface area (Å²) in [6.07, 6.45) is 3.20. The molecular weight excluding hydrogens is 422 g/mol. The van der Waals surface area contributed by atoms with Gasteiger partial charge in [0, 0.05) is 57.6 Å². The van der Waals surface area contributed by atoms with Gasteiger partial charge in [0.2, 0.25) is 16.9 Å². The summed E-state index contributed by atoms with van der Waals surface area (Å²) < 4.78 is 23.2. The average Bonchev–Trinajstić information content (AvgIpc) is 3.09. The van der Waals surface area contributed by atoms with Crippen LogP contribution >= 0.6 is 23.1 Å². The topological polar surface area (TPSA) is 113 Å². The lowest BCUT2D eigenvalue weighted by Crippen LogP contribution is -2.49. The van der Waals surface area contributed by atoms with Gasteiger partial charge in [-0.2, -0.15) is 0 Å². The number of anilines is 1. The zero-order chi connectivity index (χ0) is 20.6. The Morgan fingerprint density at radius 1 is 1.25 bits per heavy atom. The van der Waals surface area contributed by atoms with Gasteiger partial charge in [0.15, 0.2) is 4.34 Å². The van der Waals surface area contributed by atoms with Crippen LogP contribution in [0.1, 0.15) is 12.8 Å². The fourth-order valence-corrected chi connectivity index (χ4v) is 4.64. The summed E-state index contributed by atoms with van der Waals surface area (Å²) in [7, 11) is -2.98. The number of nitrogens with one attached hydrogen (secondary N) is 1. The normalized spacial score (nSPS) is 15.4. The molecule has 0 aromatic carbocycles. The summed E-state index contributed by atoms with van der Waals surface area (Å²) in [5.41, 5.74) is 0. The van der Waals surface area contributed by atoms with E-state index in [1.54, 1.807) is 11.0 Å². The van der Waals surface area contributed by atoms with Crippen molar-refractivity contribution in [3.63, 3.8) is 0 Å². The fourth-order valence-electron chi connectivity index (χ4n) is 2.52. The molecule has 0 radical (unpaired) electrons. The van der Waals surface area contributed by atoms with E-state index < -0.39 is 9.84 Å². The van der Waals surface area contributed by atoms with Crippen LogP contribution in [0.5, 0.6) is 0 Å². The number of rotatable bonds is 10. The first kappa shape index (κ1) is 22.8. The molecule has 1 saturated heterocycles. The summed E-state index contributed by atoms with van der Waals surface area (Å²) >= 11 is 2.77. The van der Waals surface area contributed by atoms with Crippen molar-refractivity contribution in [1.82, 2.24) is 20.0 Å². The molecule has 12 heteroatoms. The molecule has 2 heterocycles. The Kier molecular flexibility index (Phi) is 8.86. The van der Waals surface area contributed by atoms with Gasteiger partial charge in [-0.15, -0.1) is 16.8 Å². The standard InChI is InChI=1S/C16H25N5O4S3/c1-3-11-26-16-19-18-15(27-16)17-13(22)4-5-14(23)21-8-6-20(7-9-21)10-12-28(2,24)25/h3H,1,4-12H2,2H3,(H,17,18,22). The predicted octanol–water partition coefficient (Wildman–Crippen LogP) is 0.724. The molecule has 1 N–H and O–H groups in total. The van der Waals surface area contributed by atoms with Gasteiger partial charge < -0.3 is 10.2 Å². The van der Waals surface area contributed by atoms with Gasteiger partial charge in [0.05, 0.1) is 5.75 Å². The van der Waals surface area contributed by atoms with Crippen LogP contribution in [0.4, 0.5) is 5.13 Å². The van der Waals surface area contributed by atoms with E-state index in [0.29, 0.717) is 37.9 Å². The Bertz CT molecular complexity index is 788. The van der Waals surface area contributed by atoms with Crippen molar-refractivity contribution in [2.24, 2.45) is 0 Å². The van der Waals surface area contributed by atoms with Gasteiger partial charge in [-0.25, -0.2) is 8.42 Å². The van der Waals surface area contributed by atoms with E-state index in [2.05, 4.69) is 22.1 Å². The van der Waals surface area contributed by atoms with Crippen molar-refractivity contribution < 1.29 is 18.0 Å². The zero-order valence-electron chi connectivity index (χ0n) is 15.8. The van der Waals surface area contributed by atoms with Crippen molar-refractivity contribution in [1.29, 1.82) is 0 Å². The maximum Gasteiger partial charge on any atom is 0.226 e. The minimum atomic E-state index is -2.98. The van der Waals surface area contributed by atoms with E-state index in [4.69, 9.17) is 0 Å². The number of piperazine rings is 1. The molecule has 2 amide bonds. The summed E-state index contributed by atoms with van der Waals surface area (Å²) in [6, 6.07) is 0. The van der Waals surface area contributed by atoms with E-state index in [0.717, 1.165) is 10.1 Å². The molecule has 0 bridgehead atoms. The third-order valence-electron chi connectivity index (χ3n) is 4.05. The van der Waals surface area contributed by atoms with E-state index in [1.165, 1.54) is 29.4 Å². The maximum atomic E-state index is 12.3. The van der Waals surface area contributed by atoms with Crippen molar-refractivity contribution in [2.75, 3.05) is 55.8 Å². The highest BCUT2D eigenvalue weighted by molar-refractivity contribution is 8.01. The number of carbonyl (C=O) groups is 2. The first-order valence-corrected chi connectivity index (χ1v) is 12.7. The highest BCUT2D eigenvalue weighted by atomic mass is 32.2. The Hall–Kier alpha value is -1.50. The molecule has 1 aliphatic heterocycles. The first-order chi connectivity index (χ1) is 13.3. The molecule has 28 heavy (non-hydrogen) atoms. The smallest absolute Gasteiger partial charge is 0.226 e. The number of sulfone groups is 1. The minimum absolute atomic E-state index is 0.0718. The molecule has 1 aromatic rings. The second kappa shape index (κ2) is 10.9. The van der Waals surface area contributed by atoms with Gasteiger partial charge >= 0.3 is 0 Å². The highest BCUT2D eigenvalue weighted by Gasteiger charge is 2.22. The van der Waals surface area contributed by atoms with Crippen molar-refractivity contribution in [3.8, 4) is 0 Å². The fraction of sp³-hybridized carbons (Fsp3) is 0.625. The monoisotopic (exact) mass is 447 g/mol. The van der Waals surface area contributed by atoms with Crippen molar-refractivity contribution >= 4 is 49.9 Å². The van der Waals surface area contributed by atoms with E-state index in [-0.39, 0.29) is 30.4 Å². The van der Waals surface area contributed by atoms with Crippen LogP contribution in [0, 0.1) is 0 Å². The van der Waals surface area contributed by atoms with Gasteiger partial charge in [-0.3, -0.25) is 14.5 Å². The van der Waals surface area contributed by atoms with Gasteiger partial charge in [0.1, 0.15) is 9.84 Å². The molecule has 2 rings (SSSR count). The summed E-state index contributed by atoms with van der Waals surface area (Å²) in [5.74, 6) is 0.507. The Morgan fingerprint density at radius 3 is 2.61 bits per heavy atom. The first-order valence-electron chi connectivity index (χ1n) is 8.82. The lowest BCUT2D eigenvalue weighted by molar-refractivity contribution is -0.134. The number of thioether (sulfide) groups is 1. The molecule has 0 spiro atoms. The number of nitrogens with zero attached hydrogens (tertiary/aromatic N) is 4. The molecule has 9 nitrogen and oxygen atoms in total. The third kappa shape index (κ3) is 8.25. The quantitative estimate of drug-likeness (QED) is 0.317. The second-order valence-corrected chi connectivity index (χ2v) is 10.9. The van der Waals surface area contributed by atoms with Crippen molar-refractivity contribution in [2.45, 2.75) is 17.2 Å². The van der Waals surface area contributed by atoms with E-state index >= 15 is 0 Å². The van der Waals surface area contributed by atoms with Crippen LogP contribution in [0.2, 0.25) is 0 Å². The SMILES string of the molecule is C=CCSc1nnc(NC(=O)CCC(=O)N2CCN(CCS(C)(=O)=O)CC2)s1. The minimum Gasteiger partial charge on any atom is -0.340 e. The number of carbonyl (C=O) groups excluding carboxylic acids is 2. The Balaban J connectivity index is 1.67. The number of hydrogen-bond acceptors (Lipinski definition) is 9. The van der Waals surface area contributed by atoms with Gasteiger partial charge in [0.25, 0.3) is 0 Å². The lowest BCUT2D eigenvalue weighted by atomic mass is 10.2. The molecule has 1 aromatic heterocycles. The average molecular weight is 448 g/mol. The molecule has 0 atom stereocenters. The number of aromatic nitrogens is 2. The van der Waals surface area contributed by atoms with Crippen LogP contribution in [0.15, 0.2) is 17.0 Å². The maximum absolute atomic E-state index is 12.3. The summed E-state index contributed by atoms with van der Waals surface area (Å²) in [4.78, 5) is 28.1. The van der Waals surface area contributed by atoms with Crippen LogP contribution in [0.25, 0.3) is 0 Å². The van der Waals surface area contributed by atoms with Crippen LogP contribution < -0.4 is 5.32 Å². The van der Waals surface area contributed by atoms with Crippen LogP contribution in [-0.4, -0.2) is 90.7 Å². The summed E-state index contributed by atoms with van der Waals surface area (Å²) in [5, 5.41) is 11.0. The largest absolute Gasteiger partial charge is 0.340 e. The molecule has 1 fully saturated rings. The van der Waals surface area contributed by atoms with Crippen LogP contribution in [0.3, 0.4) is 0 Å². The molecule has 156 valence electrons. The van der Waals surface area contributed by atoms with Crippen molar-refractivity contribution in [3.05, 3.63) is 12.7 Å². The molecule has 0 aliphatic carbocycles. The number of amides is 2. The molecule has 1 aliphatic rings. The highest BCUT2D eigenvalue weighted by Crippen LogP contribution is 2.25. The van der Waals surface area contributed by atoms with Gasteiger partial charge in [-0.05, 0) is 0 Å². The second-order valence-electron chi connectivity index (χ2n) is 6.37. The molecule has 0 saturated carbocycles. The van der Waals surface area contributed by atoms with Gasteiger partial charge in [-0.1, -0.05) is 29.2 Å². The number of hydrogen-bond donors (Lipinski definition) is 1. The predicted molar refractivity (Wildman–Crippen MR) is 111 cm³/mol. The molecular formula is C16H25N5O4S3. The lowest BCUT2D eigenvalue weighted by Gasteiger charge is -2.34. The van der Waals surface area contributed by atoms with E-state index in [1.807, 2.05) is 4.90 Å². The zero-order valence-corrected chi connectivity index (χ0v) is 18.2. The third-order valence-corrected chi connectivity index (χ3v) is 6.94. The Labute approximate surface area is 173 Å². The van der Waals surface area contributed by atoms with E-state index in [9.17, 15) is 18.0 Å².